The molecule has 0 saturated heterocycles. The molecule has 0 aromatic heterocycles. The minimum absolute atomic E-state index is 0.0735. The van der Waals surface area contributed by atoms with Gasteiger partial charge in [-0.3, -0.25) is 37.3 Å². The number of phosphoric ester groups is 2. The zero-order chi connectivity index (χ0) is 73.2. The molecular formula is C81H138O17P2. The van der Waals surface area contributed by atoms with Crippen LogP contribution in [0.3, 0.4) is 0 Å². The van der Waals surface area contributed by atoms with E-state index in [9.17, 15) is 43.2 Å². The zero-order valence-corrected chi connectivity index (χ0v) is 64.4. The van der Waals surface area contributed by atoms with Crippen LogP contribution in [0.1, 0.15) is 310 Å². The molecule has 3 N–H and O–H groups in total. The van der Waals surface area contributed by atoms with Gasteiger partial charge in [0.15, 0.2) is 12.2 Å². The number of carbonyl (C=O) groups excluding carboxylic acids is 4. The van der Waals surface area contributed by atoms with Crippen molar-refractivity contribution in [3.63, 3.8) is 0 Å². The van der Waals surface area contributed by atoms with Crippen LogP contribution >= 0.6 is 15.6 Å². The highest BCUT2D eigenvalue weighted by Crippen LogP contribution is 2.45. The predicted octanol–water partition coefficient (Wildman–Crippen LogP) is 22.3. The lowest BCUT2D eigenvalue weighted by Gasteiger charge is -2.21. The normalized spacial score (nSPS) is 14.6. The average Bonchev–Trinajstić information content (AvgIpc) is 0.965. The number of esters is 4. The third-order valence-corrected chi connectivity index (χ3v) is 17.8. The van der Waals surface area contributed by atoms with Gasteiger partial charge < -0.3 is 33.8 Å². The van der Waals surface area contributed by atoms with Crippen LogP contribution in [0.25, 0.3) is 0 Å². The van der Waals surface area contributed by atoms with E-state index >= 15 is 0 Å². The second kappa shape index (κ2) is 72.8. The van der Waals surface area contributed by atoms with Crippen molar-refractivity contribution < 1.29 is 80.2 Å². The average molecular weight is 1450 g/mol. The lowest BCUT2D eigenvalue weighted by Crippen LogP contribution is -2.30. The number of carbonyl (C=O) groups is 4. The fraction of sp³-hybridized carbons (Fsp3) is 0.704. The summed E-state index contributed by atoms with van der Waals surface area (Å²) in [6.45, 7) is 4.53. The first-order valence-corrected chi connectivity index (χ1v) is 41.8. The number of aliphatic hydroxyl groups is 1. The quantitative estimate of drug-likeness (QED) is 0.0169. The first kappa shape index (κ1) is 95.5. The van der Waals surface area contributed by atoms with Crippen LogP contribution in [0.15, 0.2) is 122 Å². The molecule has 0 rings (SSSR count). The monoisotopic (exact) mass is 1440 g/mol. The Kier molecular flexibility index (Phi) is 69.5. The predicted molar refractivity (Wildman–Crippen MR) is 408 cm³/mol. The number of rotatable bonds is 72. The van der Waals surface area contributed by atoms with Crippen LogP contribution in [0.5, 0.6) is 0 Å². The maximum Gasteiger partial charge on any atom is 0.472 e. The van der Waals surface area contributed by atoms with E-state index in [1.165, 1.54) is 89.9 Å². The maximum absolute atomic E-state index is 13.1. The minimum Gasteiger partial charge on any atom is -0.462 e. The van der Waals surface area contributed by atoms with E-state index < -0.39 is 97.5 Å². The highest BCUT2D eigenvalue weighted by atomic mass is 31.2. The number of ether oxygens (including phenoxy) is 4. The van der Waals surface area contributed by atoms with E-state index in [0.717, 1.165) is 135 Å². The van der Waals surface area contributed by atoms with E-state index in [4.69, 9.17) is 37.0 Å². The van der Waals surface area contributed by atoms with Crippen molar-refractivity contribution in [2.75, 3.05) is 39.6 Å². The zero-order valence-electron chi connectivity index (χ0n) is 62.6. The topological polar surface area (TPSA) is 237 Å². The molecule has 0 spiro atoms. The molecule has 5 atom stereocenters. The Bertz CT molecular complexity index is 2370. The number of hydrogen-bond acceptors (Lipinski definition) is 15. The smallest absolute Gasteiger partial charge is 0.462 e. The number of allylic oxidation sites excluding steroid dienone is 20. The maximum atomic E-state index is 13.1. The molecule has 0 saturated carbocycles. The molecule has 0 aliphatic rings. The summed E-state index contributed by atoms with van der Waals surface area (Å²) in [5, 5.41) is 10.6. The molecule has 100 heavy (non-hydrogen) atoms. The summed E-state index contributed by atoms with van der Waals surface area (Å²) in [6, 6.07) is 0. The molecule has 5 unspecified atom stereocenters. The highest BCUT2D eigenvalue weighted by Gasteiger charge is 2.30. The second-order valence-corrected chi connectivity index (χ2v) is 28.4. The van der Waals surface area contributed by atoms with Gasteiger partial charge in [0.05, 0.1) is 26.4 Å². The van der Waals surface area contributed by atoms with E-state index in [1.807, 2.05) is 12.2 Å². The minimum atomic E-state index is -4.99. The summed E-state index contributed by atoms with van der Waals surface area (Å²) < 4.78 is 68.4. The van der Waals surface area contributed by atoms with Crippen LogP contribution in [0.4, 0.5) is 0 Å². The standard InChI is InChI=1S/C81H138O17P2/c1-5-9-13-17-21-25-29-33-36-37-40-43-46-50-54-58-62-66-79(84)92-71-76(97-80(85)67-63-59-55-51-47-41-32-28-24-20-16-12-8-4)73-95-99(87,88)93-69-75(82)70-94-100(89,90)96-74-77(98-81(86)68-64-60-56-52-48-44-39-35-31-27-23-19-15-11-7-3)72-91-78(83)65-61-57-53-49-45-42-38-34-30-26-22-18-14-10-6-2/h9-10,13-14,21-22,25-26,33-36,38-40,43,45,49-50,54,75-77,82H,5-8,11-12,15-20,23-24,27-32,37,41-42,44,46-48,51-53,55-74H2,1-4H3,(H,87,88)(H,89,90)/b13-9-,14-10-,25-21-,26-22-,36-33-,38-34-,39-35-,43-40-,49-45-,54-50-. The van der Waals surface area contributed by atoms with E-state index in [2.05, 4.69) is 137 Å². The van der Waals surface area contributed by atoms with E-state index in [-0.39, 0.29) is 25.7 Å². The van der Waals surface area contributed by atoms with Crippen LogP contribution in [0, 0.1) is 0 Å². The van der Waals surface area contributed by atoms with E-state index in [0.29, 0.717) is 32.1 Å². The van der Waals surface area contributed by atoms with Crippen molar-refractivity contribution in [1.82, 2.24) is 0 Å². The molecule has 0 bridgehead atoms. The highest BCUT2D eigenvalue weighted by molar-refractivity contribution is 7.47. The van der Waals surface area contributed by atoms with Gasteiger partial charge in [0.1, 0.15) is 19.3 Å². The number of hydrogen-bond donors (Lipinski definition) is 3. The Morgan fingerprint density at radius 2 is 0.530 bits per heavy atom. The Balaban J connectivity index is 5.43. The molecule has 0 aliphatic carbocycles. The second-order valence-electron chi connectivity index (χ2n) is 25.5. The van der Waals surface area contributed by atoms with Crippen LogP contribution in [-0.2, 0) is 65.4 Å². The molecule has 0 aromatic carbocycles. The Hall–Kier alpha value is -4.54. The summed E-state index contributed by atoms with van der Waals surface area (Å²) in [5.41, 5.74) is 0. The van der Waals surface area contributed by atoms with Crippen molar-refractivity contribution in [1.29, 1.82) is 0 Å². The molecule has 17 nitrogen and oxygen atoms in total. The summed E-state index contributed by atoms with van der Waals surface area (Å²) in [7, 11) is -9.98. The van der Waals surface area contributed by atoms with Crippen LogP contribution in [0.2, 0.25) is 0 Å². The molecule has 19 heteroatoms. The molecule has 0 radical (unpaired) electrons. The largest absolute Gasteiger partial charge is 0.472 e. The first-order valence-electron chi connectivity index (χ1n) is 38.8. The van der Waals surface area contributed by atoms with Gasteiger partial charge in [-0.1, -0.05) is 278 Å². The van der Waals surface area contributed by atoms with Crippen molar-refractivity contribution in [2.24, 2.45) is 0 Å². The van der Waals surface area contributed by atoms with Gasteiger partial charge in [-0.25, -0.2) is 9.13 Å². The fourth-order valence-corrected chi connectivity index (χ4v) is 11.6. The molecule has 574 valence electrons. The summed E-state index contributed by atoms with van der Waals surface area (Å²) >= 11 is 0. The summed E-state index contributed by atoms with van der Waals surface area (Å²) in [4.78, 5) is 72.9. The first-order chi connectivity index (χ1) is 48.7. The molecule has 0 aromatic rings. The van der Waals surface area contributed by atoms with Crippen LogP contribution in [-0.4, -0.2) is 96.7 Å². The summed E-state index contributed by atoms with van der Waals surface area (Å²) in [6.07, 6.45) is 79.1. The number of aliphatic hydroxyl groups excluding tert-OH is 1. The number of unbranched alkanes of at least 4 members (excludes halogenated alkanes) is 26. The Labute approximate surface area is 606 Å². The molecule has 0 aliphatic heterocycles. The van der Waals surface area contributed by atoms with Crippen LogP contribution < -0.4 is 0 Å². The van der Waals surface area contributed by atoms with Gasteiger partial charge >= 0.3 is 39.5 Å². The van der Waals surface area contributed by atoms with Gasteiger partial charge in [-0.15, -0.1) is 0 Å². The third kappa shape index (κ3) is 71.8. The Morgan fingerprint density at radius 1 is 0.290 bits per heavy atom. The molecule has 0 amide bonds. The molecule has 0 fully saturated rings. The van der Waals surface area contributed by atoms with Crippen molar-refractivity contribution in [3.8, 4) is 0 Å². The van der Waals surface area contributed by atoms with Gasteiger partial charge in [0.25, 0.3) is 0 Å². The molecule has 0 heterocycles. The fourth-order valence-electron chi connectivity index (χ4n) is 10.1. The van der Waals surface area contributed by atoms with E-state index in [1.54, 1.807) is 0 Å². The summed E-state index contributed by atoms with van der Waals surface area (Å²) in [5.74, 6) is -2.29. The lowest BCUT2D eigenvalue weighted by molar-refractivity contribution is -0.161. The third-order valence-electron chi connectivity index (χ3n) is 15.9. The van der Waals surface area contributed by atoms with Crippen molar-refractivity contribution in [3.05, 3.63) is 122 Å². The van der Waals surface area contributed by atoms with Crippen molar-refractivity contribution >= 4 is 39.5 Å². The number of phosphoric acid groups is 2. The SMILES string of the molecule is CC/C=C\C/C=C\C/C=C\C/C=C\C/C=C\CCCC(=O)OCC(COP(=O)(O)OCC(O)COP(=O)(O)OCC(COC(=O)CCCC/C=C\C/C=C\C/C=C\C/C=C\CC)OC(=O)CCCCCCC/C=C\CCCCCCCC)OC(=O)CCCCCCCCCCCCCCC. The van der Waals surface area contributed by atoms with Gasteiger partial charge in [-0.2, -0.15) is 0 Å². The van der Waals surface area contributed by atoms with Crippen molar-refractivity contribution in [2.45, 2.75) is 329 Å². The van der Waals surface area contributed by atoms with Gasteiger partial charge in [-0.05, 0) is 128 Å². The van der Waals surface area contributed by atoms with Gasteiger partial charge in [0.2, 0.25) is 0 Å². The Morgan fingerprint density at radius 3 is 0.870 bits per heavy atom. The molecular weight excluding hydrogens is 1310 g/mol. The lowest BCUT2D eigenvalue weighted by atomic mass is 10.0. The van der Waals surface area contributed by atoms with Gasteiger partial charge in [0, 0.05) is 25.7 Å².